The van der Waals surface area contributed by atoms with Gasteiger partial charge in [0, 0.05) is 5.69 Å². The Balaban J connectivity index is 2.14. The molecule has 0 aliphatic heterocycles. The van der Waals surface area contributed by atoms with Crippen molar-refractivity contribution in [2.24, 2.45) is 5.92 Å². The first-order chi connectivity index (χ1) is 11.9. The molecule has 0 aromatic heterocycles. The van der Waals surface area contributed by atoms with Gasteiger partial charge >= 0.3 is 0 Å². The van der Waals surface area contributed by atoms with Crippen molar-refractivity contribution in [2.45, 2.75) is 19.9 Å². The van der Waals surface area contributed by atoms with Crippen molar-refractivity contribution in [1.82, 2.24) is 5.32 Å². The summed E-state index contributed by atoms with van der Waals surface area (Å²) in [4.78, 5) is 24.8. The zero-order valence-corrected chi connectivity index (χ0v) is 13.9. The van der Waals surface area contributed by atoms with Crippen LogP contribution < -0.4 is 10.6 Å². The van der Waals surface area contributed by atoms with Gasteiger partial charge in [-0.3, -0.25) is 9.59 Å². The number of halogens is 1. The van der Waals surface area contributed by atoms with Crippen LogP contribution >= 0.6 is 0 Å². The highest BCUT2D eigenvalue weighted by molar-refractivity contribution is 6.01. The molecule has 0 bridgehead atoms. The highest BCUT2D eigenvalue weighted by atomic mass is 19.1. The van der Waals surface area contributed by atoms with Gasteiger partial charge in [0.1, 0.15) is 11.9 Å². The lowest BCUT2D eigenvalue weighted by molar-refractivity contribution is -0.118. The second-order valence-electron chi connectivity index (χ2n) is 5.86. The molecule has 2 rings (SSSR count). The predicted molar refractivity (Wildman–Crippen MR) is 92.3 cm³/mol. The van der Waals surface area contributed by atoms with Crippen LogP contribution in [0.15, 0.2) is 48.5 Å². The fourth-order valence-electron chi connectivity index (χ4n) is 2.29. The number of nitrogens with zero attached hydrogens (tertiary/aromatic N) is 1. The molecule has 0 heterocycles. The number of carbonyl (C=O) groups excluding carboxylic acids is 2. The van der Waals surface area contributed by atoms with Crippen molar-refractivity contribution in [1.29, 1.82) is 5.26 Å². The number of nitrogens with one attached hydrogen (secondary N) is 2. The van der Waals surface area contributed by atoms with E-state index in [2.05, 4.69) is 10.6 Å². The number of benzene rings is 2. The van der Waals surface area contributed by atoms with Gasteiger partial charge < -0.3 is 10.6 Å². The number of nitriles is 1. The van der Waals surface area contributed by atoms with E-state index in [1.54, 1.807) is 38.1 Å². The van der Waals surface area contributed by atoms with Crippen LogP contribution in [0.5, 0.6) is 0 Å². The molecule has 25 heavy (non-hydrogen) atoms. The lowest BCUT2D eigenvalue weighted by Gasteiger charge is -2.22. The summed E-state index contributed by atoms with van der Waals surface area (Å²) in [5.41, 5.74) is 0.747. The van der Waals surface area contributed by atoms with Gasteiger partial charge in [-0.2, -0.15) is 5.26 Å². The number of rotatable bonds is 5. The quantitative estimate of drug-likeness (QED) is 0.878. The Kier molecular flexibility index (Phi) is 5.85. The van der Waals surface area contributed by atoms with Crippen molar-refractivity contribution in [3.8, 4) is 6.07 Å². The molecule has 1 atom stereocenters. The Bertz CT molecular complexity index is 827. The lowest BCUT2D eigenvalue weighted by Crippen LogP contribution is -2.47. The van der Waals surface area contributed by atoms with Crippen LogP contribution in [0.4, 0.5) is 10.1 Å². The first kappa shape index (κ1) is 18.1. The zero-order valence-electron chi connectivity index (χ0n) is 13.9. The molecule has 2 aromatic carbocycles. The molecule has 0 aliphatic rings. The molecule has 0 spiro atoms. The maximum absolute atomic E-state index is 13.7. The summed E-state index contributed by atoms with van der Waals surface area (Å²) < 4.78 is 13.7. The molecule has 0 aliphatic carbocycles. The number of hydrogen-bond donors (Lipinski definition) is 2. The van der Waals surface area contributed by atoms with Gasteiger partial charge in [0.05, 0.1) is 17.2 Å². The SMILES string of the molecule is CC(C)C(NC(=O)c1ccccc1F)C(=O)Nc1cccc(C#N)c1. The predicted octanol–water partition coefficient (Wildman–Crippen LogP) is 3.09. The van der Waals surface area contributed by atoms with Gasteiger partial charge in [0.15, 0.2) is 0 Å². The van der Waals surface area contributed by atoms with Crippen molar-refractivity contribution < 1.29 is 14.0 Å². The van der Waals surface area contributed by atoms with Crippen molar-refractivity contribution in [3.63, 3.8) is 0 Å². The lowest BCUT2D eigenvalue weighted by atomic mass is 10.0. The molecule has 2 N–H and O–H groups in total. The number of carbonyl (C=O) groups is 2. The van der Waals surface area contributed by atoms with E-state index in [0.29, 0.717) is 11.3 Å². The molecule has 128 valence electrons. The fourth-order valence-corrected chi connectivity index (χ4v) is 2.29. The van der Waals surface area contributed by atoms with Crippen LogP contribution in [0.1, 0.15) is 29.8 Å². The third-order valence-corrected chi connectivity index (χ3v) is 3.61. The van der Waals surface area contributed by atoms with E-state index in [9.17, 15) is 14.0 Å². The van der Waals surface area contributed by atoms with Gasteiger partial charge in [0.2, 0.25) is 5.91 Å². The Labute approximate surface area is 145 Å². The highest BCUT2D eigenvalue weighted by Gasteiger charge is 2.25. The van der Waals surface area contributed by atoms with Crippen LogP contribution in [-0.4, -0.2) is 17.9 Å². The molecule has 0 fully saturated rings. The summed E-state index contributed by atoms with van der Waals surface area (Å²) in [7, 11) is 0. The fraction of sp³-hybridized carbons (Fsp3) is 0.211. The molecule has 0 saturated heterocycles. The van der Waals surface area contributed by atoms with E-state index in [1.807, 2.05) is 6.07 Å². The van der Waals surface area contributed by atoms with Crippen molar-refractivity contribution >= 4 is 17.5 Å². The topological polar surface area (TPSA) is 82.0 Å². The summed E-state index contributed by atoms with van der Waals surface area (Å²) in [6.07, 6.45) is 0. The zero-order chi connectivity index (χ0) is 18.4. The van der Waals surface area contributed by atoms with Gasteiger partial charge in [-0.1, -0.05) is 32.0 Å². The minimum Gasteiger partial charge on any atom is -0.340 e. The molecular formula is C19H18FN3O2. The monoisotopic (exact) mass is 339 g/mol. The van der Waals surface area contributed by atoms with E-state index in [1.165, 1.54) is 24.3 Å². The van der Waals surface area contributed by atoms with Gasteiger partial charge in [0.25, 0.3) is 5.91 Å². The van der Waals surface area contributed by atoms with Crippen LogP contribution in [0, 0.1) is 23.1 Å². The number of hydrogen-bond acceptors (Lipinski definition) is 3. The van der Waals surface area contributed by atoms with Crippen LogP contribution in [0.25, 0.3) is 0 Å². The average molecular weight is 339 g/mol. The minimum absolute atomic E-state index is 0.118. The van der Waals surface area contributed by atoms with Crippen LogP contribution in [0.3, 0.4) is 0 Å². The molecule has 6 heteroatoms. The molecular weight excluding hydrogens is 321 g/mol. The molecule has 2 aromatic rings. The summed E-state index contributed by atoms with van der Waals surface area (Å²) >= 11 is 0. The van der Waals surface area contributed by atoms with E-state index in [0.717, 1.165) is 0 Å². The molecule has 0 saturated carbocycles. The maximum atomic E-state index is 13.7. The molecule has 5 nitrogen and oxygen atoms in total. The Morgan fingerprint density at radius 2 is 1.84 bits per heavy atom. The maximum Gasteiger partial charge on any atom is 0.254 e. The molecule has 1 unspecified atom stereocenters. The van der Waals surface area contributed by atoms with E-state index < -0.39 is 23.7 Å². The second kappa shape index (κ2) is 8.06. The van der Waals surface area contributed by atoms with Crippen molar-refractivity contribution in [3.05, 3.63) is 65.5 Å². The van der Waals surface area contributed by atoms with E-state index in [4.69, 9.17) is 5.26 Å². The Morgan fingerprint density at radius 1 is 1.12 bits per heavy atom. The Morgan fingerprint density at radius 3 is 2.48 bits per heavy atom. The minimum atomic E-state index is -0.849. The van der Waals surface area contributed by atoms with E-state index >= 15 is 0 Å². The van der Waals surface area contributed by atoms with Gasteiger partial charge in [-0.25, -0.2) is 4.39 Å². The van der Waals surface area contributed by atoms with Crippen LogP contribution in [-0.2, 0) is 4.79 Å². The van der Waals surface area contributed by atoms with Crippen LogP contribution in [0.2, 0.25) is 0 Å². The highest BCUT2D eigenvalue weighted by Crippen LogP contribution is 2.13. The summed E-state index contributed by atoms with van der Waals surface area (Å²) in [5.74, 6) is -1.95. The third kappa shape index (κ3) is 4.64. The molecule has 2 amide bonds. The molecule has 0 radical (unpaired) electrons. The largest absolute Gasteiger partial charge is 0.340 e. The summed E-state index contributed by atoms with van der Waals surface area (Å²) in [5, 5.41) is 14.1. The van der Waals surface area contributed by atoms with E-state index in [-0.39, 0.29) is 11.5 Å². The second-order valence-corrected chi connectivity index (χ2v) is 5.86. The van der Waals surface area contributed by atoms with Crippen molar-refractivity contribution in [2.75, 3.05) is 5.32 Å². The Hall–Kier alpha value is -3.20. The average Bonchev–Trinajstić information content (AvgIpc) is 2.59. The first-order valence-electron chi connectivity index (χ1n) is 7.78. The number of amides is 2. The standard InChI is InChI=1S/C19H18FN3O2/c1-12(2)17(23-18(24)15-8-3-4-9-16(15)20)19(25)22-14-7-5-6-13(10-14)11-21/h3-10,12,17H,1-2H3,(H,22,25)(H,23,24). The first-order valence-corrected chi connectivity index (χ1v) is 7.78. The summed E-state index contributed by atoms with van der Waals surface area (Å²) in [6.45, 7) is 3.55. The number of anilines is 1. The smallest absolute Gasteiger partial charge is 0.254 e. The normalized spacial score (nSPS) is 11.5. The van der Waals surface area contributed by atoms with Gasteiger partial charge in [-0.15, -0.1) is 0 Å². The summed E-state index contributed by atoms with van der Waals surface area (Å²) in [6, 6.07) is 13.2. The third-order valence-electron chi connectivity index (χ3n) is 3.61. The van der Waals surface area contributed by atoms with Gasteiger partial charge in [-0.05, 0) is 36.2 Å².